The highest BCUT2D eigenvalue weighted by molar-refractivity contribution is 5.66. The maximum Gasteiger partial charge on any atom is 0.303 e. The summed E-state index contributed by atoms with van der Waals surface area (Å²) in [5.41, 5.74) is 0. The number of hydrogen-bond acceptors (Lipinski definition) is 1. The smallest absolute Gasteiger partial charge is 0.303 e. The van der Waals surface area contributed by atoms with Gasteiger partial charge in [0.25, 0.3) is 0 Å². The number of aliphatic carboxylic acids is 1. The number of hydrogen-bond donors (Lipinski definition) is 1. The lowest BCUT2D eigenvalue weighted by atomic mass is 9.97. The van der Waals surface area contributed by atoms with Crippen molar-refractivity contribution in [2.45, 2.75) is 40.0 Å². The Hall–Kier alpha value is -0.530. The van der Waals surface area contributed by atoms with Crippen LogP contribution in [0.25, 0.3) is 0 Å². The highest BCUT2D eigenvalue weighted by Crippen LogP contribution is 2.14. The molecule has 0 aliphatic carbocycles. The third-order valence-electron chi connectivity index (χ3n) is 1.76. The Morgan fingerprint density at radius 3 is 2.18 bits per heavy atom. The van der Waals surface area contributed by atoms with E-state index in [2.05, 4.69) is 13.8 Å². The van der Waals surface area contributed by atoms with Crippen LogP contribution in [0.4, 0.5) is 0 Å². The molecule has 0 heterocycles. The first-order chi connectivity index (χ1) is 5.02. The van der Waals surface area contributed by atoms with Crippen molar-refractivity contribution in [1.82, 2.24) is 0 Å². The van der Waals surface area contributed by atoms with Crippen molar-refractivity contribution in [2.24, 2.45) is 11.8 Å². The van der Waals surface area contributed by atoms with E-state index in [4.69, 9.17) is 5.11 Å². The van der Waals surface area contributed by atoms with E-state index in [1.165, 1.54) is 0 Å². The van der Waals surface area contributed by atoms with Crippen LogP contribution in [0.5, 0.6) is 0 Å². The first-order valence-corrected chi connectivity index (χ1v) is 4.24. The quantitative estimate of drug-likeness (QED) is 0.667. The fourth-order valence-corrected chi connectivity index (χ4v) is 1.02. The molecule has 66 valence electrons. The lowest BCUT2D eigenvalue weighted by molar-refractivity contribution is -0.138. The number of rotatable bonds is 5. The Labute approximate surface area is 68.6 Å². The zero-order valence-corrected chi connectivity index (χ0v) is 7.63. The van der Waals surface area contributed by atoms with E-state index < -0.39 is 5.97 Å². The van der Waals surface area contributed by atoms with E-state index in [1.807, 2.05) is 6.92 Å². The molecule has 1 N–H and O–H groups in total. The topological polar surface area (TPSA) is 37.3 Å². The number of carboxylic acid groups (broad SMARTS) is 1. The molecule has 0 aromatic heterocycles. The fourth-order valence-electron chi connectivity index (χ4n) is 1.02. The molecule has 0 aromatic rings. The third kappa shape index (κ3) is 7.37. The Bertz CT molecular complexity index is 119. The minimum absolute atomic E-state index is 0.312. The number of carbonyl (C=O) groups is 1. The second-order valence-corrected chi connectivity index (χ2v) is 3.67. The molecule has 2 heteroatoms. The minimum atomic E-state index is -0.679. The monoisotopic (exact) mass is 158 g/mol. The van der Waals surface area contributed by atoms with Crippen LogP contribution in [0.15, 0.2) is 0 Å². The second-order valence-electron chi connectivity index (χ2n) is 3.67. The molecule has 0 spiro atoms. The van der Waals surface area contributed by atoms with Crippen LogP contribution in [-0.2, 0) is 4.79 Å². The average Bonchev–Trinajstić information content (AvgIpc) is 1.82. The van der Waals surface area contributed by atoms with E-state index in [9.17, 15) is 4.79 Å². The first-order valence-electron chi connectivity index (χ1n) is 4.24. The molecule has 0 amide bonds. The number of carboxylic acids is 1. The summed E-state index contributed by atoms with van der Waals surface area (Å²) in [5.74, 6) is 0.336. The normalized spacial score (nSPS) is 13.5. The summed E-state index contributed by atoms with van der Waals surface area (Å²) >= 11 is 0. The van der Waals surface area contributed by atoms with Crippen LogP contribution in [-0.4, -0.2) is 11.1 Å². The van der Waals surface area contributed by atoms with E-state index in [1.54, 1.807) is 0 Å². The molecule has 11 heavy (non-hydrogen) atoms. The molecule has 0 aliphatic rings. The zero-order valence-electron chi connectivity index (χ0n) is 7.63. The summed E-state index contributed by atoms with van der Waals surface area (Å²) in [6.45, 7) is 6.32. The van der Waals surface area contributed by atoms with Gasteiger partial charge >= 0.3 is 5.97 Å². The van der Waals surface area contributed by atoms with E-state index in [0.29, 0.717) is 18.3 Å². The van der Waals surface area contributed by atoms with Crippen molar-refractivity contribution in [3.63, 3.8) is 0 Å². The van der Waals surface area contributed by atoms with Gasteiger partial charge in [0.15, 0.2) is 0 Å². The van der Waals surface area contributed by atoms with Crippen LogP contribution in [0.1, 0.15) is 40.0 Å². The summed E-state index contributed by atoms with van der Waals surface area (Å²) in [6, 6.07) is 0. The van der Waals surface area contributed by atoms with E-state index in [0.717, 1.165) is 12.8 Å². The van der Waals surface area contributed by atoms with Gasteiger partial charge in [-0.1, -0.05) is 27.2 Å². The molecule has 0 bridgehead atoms. The Kier molecular flexibility index (Phi) is 4.92. The molecule has 0 radical (unpaired) electrons. The van der Waals surface area contributed by atoms with Gasteiger partial charge in [-0.15, -0.1) is 0 Å². The molecule has 0 saturated carbocycles. The maximum absolute atomic E-state index is 10.3. The Morgan fingerprint density at radius 2 is 1.82 bits per heavy atom. The molecule has 0 aromatic carbocycles. The summed E-state index contributed by atoms with van der Waals surface area (Å²) in [4.78, 5) is 10.3. The predicted octanol–water partition coefficient (Wildman–Crippen LogP) is 2.53. The van der Waals surface area contributed by atoms with E-state index >= 15 is 0 Å². The Balaban J connectivity index is 3.37. The van der Waals surface area contributed by atoms with Crippen molar-refractivity contribution in [3.8, 4) is 0 Å². The van der Waals surface area contributed by atoms with Crippen LogP contribution < -0.4 is 0 Å². The molecular formula is C9H18O2. The molecule has 0 fully saturated rings. The van der Waals surface area contributed by atoms with Crippen LogP contribution in [0.2, 0.25) is 0 Å². The highest BCUT2D eigenvalue weighted by atomic mass is 16.4. The summed E-state index contributed by atoms with van der Waals surface area (Å²) < 4.78 is 0. The predicted molar refractivity (Wildman–Crippen MR) is 45.5 cm³/mol. The molecule has 1 atom stereocenters. The van der Waals surface area contributed by atoms with Gasteiger partial charge in [-0.3, -0.25) is 4.79 Å². The lowest BCUT2D eigenvalue weighted by Gasteiger charge is -2.09. The Morgan fingerprint density at radius 1 is 1.27 bits per heavy atom. The zero-order chi connectivity index (χ0) is 8.85. The van der Waals surface area contributed by atoms with Crippen LogP contribution >= 0.6 is 0 Å². The lowest BCUT2D eigenvalue weighted by Crippen LogP contribution is -2.05. The average molecular weight is 158 g/mol. The van der Waals surface area contributed by atoms with Gasteiger partial charge < -0.3 is 5.11 Å². The molecule has 0 aliphatic heterocycles. The van der Waals surface area contributed by atoms with Gasteiger partial charge in [-0.2, -0.15) is 0 Å². The second kappa shape index (κ2) is 5.16. The van der Waals surface area contributed by atoms with Crippen molar-refractivity contribution in [2.75, 3.05) is 0 Å². The molecule has 0 rings (SSSR count). The fraction of sp³-hybridized carbons (Fsp3) is 0.889. The van der Waals surface area contributed by atoms with Gasteiger partial charge in [0.2, 0.25) is 0 Å². The maximum atomic E-state index is 10.3. The van der Waals surface area contributed by atoms with Crippen LogP contribution in [0, 0.1) is 11.8 Å². The van der Waals surface area contributed by atoms with Gasteiger partial charge in [0, 0.05) is 6.42 Å². The van der Waals surface area contributed by atoms with Crippen LogP contribution in [0.3, 0.4) is 0 Å². The summed E-state index contributed by atoms with van der Waals surface area (Å²) in [6.07, 6.45) is 2.48. The SMILES string of the molecule is CC(C)CC[C@H](C)CC(=O)O. The minimum Gasteiger partial charge on any atom is -0.481 e. The van der Waals surface area contributed by atoms with E-state index in [-0.39, 0.29) is 0 Å². The summed E-state index contributed by atoms with van der Waals surface area (Å²) in [5, 5.41) is 8.45. The van der Waals surface area contributed by atoms with Crippen molar-refractivity contribution in [3.05, 3.63) is 0 Å². The molecule has 2 nitrogen and oxygen atoms in total. The highest BCUT2D eigenvalue weighted by Gasteiger charge is 2.07. The molecule has 0 saturated heterocycles. The van der Waals surface area contributed by atoms with Gasteiger partial charge in [0.1, 0.15) is 0 Å². The standard InChI is InChI=1S/C9H18O2/c1-7(2)4-5-8(3)6-9(10)11/h7-8H,4-6H2,1-3H3,(H,10,11)/t8-/m0/s1. The molecule has 0 unspecified atom stereocenters. The van der Waals surface area contributed by atoms with Crippen molar-refractivity contribution < 1.29 is 9.90 Å². The summed E-state index contributed by atoms with van der Waals surface area (Å²) in [7, 11) is 0. The molecular weight excluding hydrogens is 140 g/mol. The third-order valence-corrected chi connectivity index (χ3v) is 1.76. The first kappa shape index (κ1) is 10.5. The van der Waals surface area contributed by atoms with Crippen molar-refractivity contribution >= 4 is 5.97 Å². The van der Waals surface area contributed by atoms with Gasteiger partial charge in [0.05, 0.1) is 0 Å². The largest absolute Gasteiger partial charge is 0.481 e. The van der Waals surface area contributed by atoms with Gasteiger partial charge in [-0.25, -0.2) is 0 Å². The van der Waals surface area contributed by atoms with Crippen molar-refractivity contribution in [1.29, 1.82) is 0 Å². The van der Waals surface area contributed by atoms with Gasteiger partial charge in [-0.05, 0) is 18.3 Å².